The fourth-order valence-corrected chi connectivity index (χ4v) is 2.93. The van der Waals surface area contributed by atoms with Crippen LogP contribution in [-0.4, -0.2) is 39.6 Å². The summed E-state index contributed by atoms with van der Waals surface area (Å²) in [6.45, 7) is 4.12. The van der Waals surface area contributed by atoms with Gasteiger partial charge in [-0.15, -0.1) is 0 Å². The maximum absolute atomic E-state index is 12.2. The van der Waals surface area contributed by atoms with Gasteiger partial charge in [0.1, 0.15) is 11.4 Å². The van der Waals surface area contributed by atoms with Gasteiger partial charge < -0.3 is 19.5 Å². The lowest BCUT2D eigenvalue weighted by Gasteiger charge is -2.12. The molecular formula is C18H21BN2O5. The van der Waals surface area contributed by atoms with Crippen molar-refractivity contribution in [3.05, 3.63) is 41.3 Å². The molecule has 2 N–H and O–H groups in total. The second kappa shape index (κ2) is 7.95. The van der Waals surface area contributed by atoms with E-state index in [4.69, 9.17) is 9.39 Å². The zero-order chi connectivity index (χ0) is 18.7. The van der Waals surface area contributed by atoms with E-state index in [2.05, 4.69) is 9.97 Å². The predicted octanol–water partition coefficient (Wildman–Crippen LogP) is 1.39. The number of benzene rings is 1. The van der Waals surface area contributed by atoms with Gasteiger partial charge >= 0.3 is 7.12 Å². The highest BCUT2D eigenvalue weighted by Crippen LogP contribution is 2.25. The van der Waals surface area contributed by atoms with Crippen LogP contribution in [0.3, 0.4) is 0 Å². The van der Waals surface area contributed by atoms with Crippen LogP contribution < -0.4 is 10.2 Å². The number of ether oxygens (including phenoxy) is 1. The Morgan fingerprint density at radius 1 is 1.38 bits per heavy atom. The van der Waals surface area contributed by atoms with Gasteiger partial charge in [-0.2, -0.15) is 0 Å². The predicted molar refractivity (Wildman–Crippen MR) is 95.5 cm³/mol. The number of fused-ring (bicyclic) bond motifs is 1. The van der Waals surface area contributed by atoms with Crippen LogP contribution >= 0.6 is 0 Å². The summed E-state index contributed by atoms with van der Waals surface area (Å²) in [5.74, 6) is 0.585. The first-order valence-corrected chi connectivity index (χ1v) is 8.59. The van der Waals surface area contributed by atoms with Crippen LogP contribution in [0.2, 0.25) is 0 Å². The van der Waals surface area contributed by atoms with Gasteiger partial charge in [-0.1, -0.05) is 19.4 Å². The number of Topliss-reactive ketones (excluding diaryl/α,β-unsaturated/α-hetero) is 1. The summed E-state index contributed by atoms with van der Waals surface area (Å²) >= 11 is 0. The molecule has 26 heavy (non-hydrogen) atoms. The van der Waals surface area contributed by atoms with Gasteiger partial charge in [0.2, 0.25) is 5.88 Å². The number of nitrogens with zero attached hydrogens (tertiary/aromatic N) is 2. The average molecular weight is 356 g/mol. The molecule has 0 bridgehead atoms. The van der Waals surface area contributed by atoms with E-state index in [0.717, 1.165) is 23.0 Å². The molecule has 0 spiro atoms. The third kappa shape index (κ3) is 3.77. The van der Waals surface area contributed by atoms with Gasteiger partial charge in [0, 0.05) is 13.0 Å². The summed E-state index contributed by atoms with van der Waals surface area (Å²) < 4.78 is 11.0. The fraction of sp³-hybridized carbons (Fsp3) is 0.389. The zero-order valence-electron chi connectivity index (χ0n) is 14.8. The summed E-state index contributed by atoms with van der Waals surface area (Å²) in [7, 11) is -0.947. The summed E-state index contributed by atoms with van der Waals surface area (Å²) in [5, 5.41) is 19.1. The van der Waals surface area contributed by atoms with Gasteiger partial charge in [0.05, 0.1) is 19.0 Å². The van der Waals surface area contributed by atoms with Gasteiger partial charge in [-0.25, -0.2) is 9.97 Å². The Hall–Kier alpha value is -2.29. The highest BCUT2D eigenvalue weighted by Gasteiger charge is 2.30. The maximum atomic E-state index is 12.2. The van der Waals surface area contributed by atoms with Crippen molar-refractivity contribution in [1.29, 1.82) is 0 Å². The molecule has 1 aliphatic rings. The fourth-order valence-electron chi connectivity index (χ4n) is 2.93. The van der Waals surface area contributed by atoms with Crippen LogP contribution in [0.25, 0.3) is 0 Å². The lowest BCUT2D eigenvalue weighted by Crippen LogP contribution is -2.30. The highest BCUT2D eigenvalue weighted by molar-refractivity contribution is 6.62. The first kappa shape index (κ1) is 18.5. The van der Waals surface area contributed by atoms with Crippen molar-refractivity contribution >= 4 is 18.4 Å². The molecule has 1 aliphatic heterocycles. The standard InChI is InChI=1S/C18H21BN2O5/c1-3-12(9-22)6-15(23)14-7-21-17(8-20-14)26-16-5-4-13-10-25-19(24)18(13)11(16)2/h4-5,7-8,12,22,24H,3,6,9-10H2,1-2H3. The number of ketones is 1. The van der Waals surface area contributed by atoms with Crippen LogP contribution in [0.15, 0.2) is 24.5 Å². The van der Waals surface area contributed by atoms with Crippen molar-refractivity contribution in [3.8, 4) is 11.6 Å². The molecule has 1 unspecified atom stereocenters. The van der Waals surface area contributed by atoms with Gasteiger partial charge in [-0.05, 0) is 35.5 Å². The van der Waals surface area contributed by atoms with Gasteiger partial charge in [0.25, 0.3) is 0 Å². The molecule has 2 aromatic rings. The Kier molecular flexibility index (Phi) is 5.66. The third-order valence-corrected chi connectivity index (χ3v) is 4.64. The number of carbonyl (C=O) groups is 1. The second-order valence-electron chi connectivity index (χ2n) is 6.35. The molecule has 1 aromatic heterocycles. The zero-order valence-corrected chi connectivity index (χ0v) is 14.8. The number of aliphatic hydroxyl groups excluding tert-OH is 1. The lowest BCUT2D eigenvalue weighted by molar-refractivity contribution is 0.0928. The SMILES string of the molecule is CCC(CO)CC(=O)c1cnc(Oc2ccc3c(c2C)B(O)OC3)cn1. The Morgan fingerprint density at radius 3 is 2.85 bits per heavy atom. The van der Waals surface area contributed by atoms with Gasteiger partial charge in [0.15, 0.2) is 5.78 Å². The van der Waals surface area contributed by atoms with E-state index in [1.54, 1.807) is 6.07 Å². The van der Waals surface area contributed by atoms with Crippen molar-refractivity contribution in [2.45, 2.75) is 33.3 Å². The normalized spacial score (nSPS) is 14.2. The Morgan fingerprint density at radius 2 is 2.19 bits per heavy atom. The molecular weight excluding hydrogens is 335 g/mol. The molecule has 7 nitrogen and oxygen atoms in total. The van der Waals surface area contributed by atoms with Crippen LogP contribution in [0.4, 0.5) is 0 Å². The highest BCUT2D eigenvalue weighted by atomic mass is 16.5. The molecule has 1 atom stereocenters. The number of aliphatic hydroxyl groups is 1. The van der Waals surface area contributed by atoms with E-state index in [0.29, 0.717) is 12.4 Å². The van der Waals surface area contributed by atoms with Crippen molar-refractivity contribution in [3.63, 3.8) is 0 Å². The average Bonchev–Trinajstić information content (AvgIpc) is 3.04. The Balaban J connectivity index is 1.72. The molecule has 0 aliphatic carbocycles. The number of hydrogen-bond donors (Lipinski definition) is 2. The Labute approximate surface area is 152 Å². The number of rotatable bonds is 7. The van der Waals surface area contributed by atoms with E-state index in [1.165, 1.54) is 12.4 Å². The Bertz CT molecular complexity index is 793. The van der Waals surface area contributed by atoms with E-state index in [9.17, 15) is 14.9 Å². The topological polar surface area (TPSA) is 102 Å². The third-order valence-electron chi connectivity index (χ3n) is 4.64. The van der Waals surface area contributed by atoms with Gasteiger partial charge in [-0.3, -0.25) is 4.79 Å². The minimum absolute atomic E-state index is 0.0238. The summed E-state index contributed by atoms with van der Waals surface area (Å²) in [4.78, 5) is 20.4. The largest absolute Gasteiger partial charge is 0.492 e. The number of carbonyl (C=O) groups excluding carboxylic acids is 1. The second-order valence-corrected chi connectivity index (χ2v) is 6.35. The van der Waals surface area contributed by atoms with E-state index in [1.807, 2.05) is 19.9 Å². The lowest BCUT2D eigenvalue weighted by atomic mass is 9.76. The molecule has 8 heteroatoms. The van der Waals surface area contributed by atoms with Crippen LogP contribution in [0, 0.1) is 12.8 Å². The minimum atomic E-state index is -0.947. The smallest absolute Gasteiger partial charge is 0.437 e. The first-order valence-electron chi connectivity index (χ1n) is 8.59. The molecule has 0 saturated carbocycles. The maximum Gasteiger partial charge on any atom is 0.492 e. The summed E-state index contributed by atoms with van der Waals surface area (Å²) in [5.41, 5.74) is 2.68. The molecule has 0 fully saturated rings. The first-order chi connectivity index (χ1) is 12.5. The molecule has 0 amide bonds. The van der Waals surface area contributed by atoms with E-state index in [-0.39, 0.29) is 36.3 Å². The van der Waals surface area contributed by atoms with Crippen molar-refractivity contribution in [2.75, 3.05) is 6.61 Å². The van der Waals surface area contributed by atoms with E-state index >= 15 is 0 Å². The molecule has 3 rings (SSSR count). The number of aromatic nitrogens is 2. The van der Waals surface area contributed by atoms with E-state index < -0.39 is 7.12 Å². The molecule has 0 radical (unpaired) electrons. The van der Waals surface area contributed by atoms with Crippen LogP contribution in [0.5, 0.6) is 11.6 Å². The molecule has 2 heterocycles. The quantitative estimate of drug-likeness (QED) is 0.571. The summed E-state index contributed by atoms with van der Waals surface area (Å²) in [6, 6.07) is 3.64. The van der Waals surface area contributed by atoms with Crippen molar-refractivity contribution in [1.82, 2.24) is 9.97 Å². The molecule has 0 saturated heterocycles. The minimum Gasteiger partial charge on any atom is -0.437 e. The van der Waals surface area contributed by atoms with Crippen LogP contribution in [-0.2, 0) is 11.3 Å². The monoisotopic (exact) mass is 356 g/mol. The summed E-state index contributed by atoms with van der Waals surface area (Å²) in [6.07, 6.45) is 3.74. The van der Waals surface area contributed by atoms with Crippen molar-refractivity contribution < 1.29 is 24.3 Å². The number of hydrogen-bond acceptors (Lipinski definition) is 7. The van der Waals surface area contributed by atoms with Crippen molar-refractivity contribution in [2.24, 2.45) is 5.92 Å². The molecule has 136 valence electrons. The molecule has 1 aromatic carbocycles. The van der Waals surface area contributed by atoms with Crippen LogP contribution in [0.1, 0.15) is 41.4 Å².